The molecule has 3 aromatic rings. The molecule has 0 N–H and O–H groups in total. The second-order valence-electron chi connectivity index (χ2n) is 8.24. The van der Waals surface area contributed by atoms with Gasteiger partial charge in [-0.05, 0) is 48.7 Å². The fourth-order valence-electron chi connectivity index (χ4n) is 3.73. The molecule has 1 aliphatic rings. The van der Waals surface area contributed by atoms with Crippen LogP contribution in [0.1, 0.15) is 25.0 Å². The number of ether oxygens (including phenoxy) is 1. The predicted octanol–water partition coefficient (Wildman–Crippen LogP) is 6.65. The molecule has 0 unspecified atom stereocenters. The average Bonchev–Trinajstić information content (AvgIpc) is 3.21. The standard InChI is InChI=1S/C25H25BrN2O2S2/c1-16(2)14-28-24(29)23(32-25(28)31)12-18-15-27(21-9-8-19(26)13-20(18)21)10-11-30-22-7-5-4-6-17(22)3/h4-9,12-13,15-16H,10-11,14H2,1-3H3/b23-12-. The Bertz CT molecular complexity index is 1220. The largest absolute Gasteiger partial charge is 0.491 e. The van der Waals surface area contributed by atoms with Gasteiger partial charge in [-0.1, -0.05) is 72.0 Å². The first-order chi connectivity index (χ1) is 15.3. The van der Waals surface area contributed by atoms with Gasteiger partial charge in [0, 0.05) is 33.7 Å². The summed E-state index contributed by atoms with van der Waals surface area (Å²) in [4.78, 5) is 15.3. The second-order valence-corrected chi connectivity index (χ2v) is 10.8. The molecule has 4 rings (SSSR count). The topological polar surface area (TPSA) is 34.5 Å². The summed E-state index contributed by atoms with van der Waals surface area (Å²) in [5.41, 5.74) is 3.23. The minimum Gasteiger partial charge on any atom is -0.491 e. The van der Waals surface area contributed by atoms with E-state index in [2.05, 4.69) is 52.7 Å². The SMILES string of the molecule is Cc1ccccc1OCCn1cc(/C=C2\SC(=S)N(CC(C)C)C2=O)c2cc(Br)ccc21. The first-order valence-electron chi connectivity index (χ1n) is 10.6. The number of thiocarbonyl (C=S) groups is 1. The number of fused-ring (bicyclic) bond motifs is 1. The lowest BCUT2D eigenvalue weighted by atomic mass is 10.1. The van der Waals surface area contributed by atoms with Crippen molar-refractivity contribution < 1.29 is 9.53 Å². The van der Waals surface area contributed by atoms with Crippen LogP contribution in [0.25, 0.3) is 17.0 Å². The van der Waals surface area contributed by atoms with Gasteiger partial charge < -0.3 is 9.30 Å². The molecule has 0 saturated carbocycles. The van der Waals surface area contributed by atoms with Crippen molar-refractivity contribution in [3.8, 4) is 5.75 Å². The molecule has 0 aliphatic carbocycles. The zero-order valence-electron chi connectivity index (χ0n) is 18.3. The fourth-order valence-corrected chi connectivity index (χ4v) is 5.36. The van der Waals surface area contributed by atoms with E-state index in [9.17, 15) is 4.79 Å². The molecule has 1 amide bonds. The molecule has 4 nitrogen and oxygen atoms in total. The summed E-state index contributed by atoms with van der Waals surface area (Å²) >= 11 is 10.4. The van der Waals surface area contributed by atoms with Crippen molar-refractivity contribution >= 4 is 67.1 Å². The van der Waals surface area contributed by atoms with Crippen LogP contribution in [0.5, 0.6) is 5.75 Å². The van der Waals surface area contributed by atoms with Gasteiger partial charge in [0.05, 0.1) is 11.4 Å². The highest BCUT2D eigenvalue weighted by molar-refractivity contribution is 9.10. The lowest BCUT2D eigenvalue weighted by molar-refractivity contribution is -0.122. The smallest absolute Gasteiger partial charge is 0.266 e. The van der Waals surface area contributed by atoms with Crippen LogP contribution < -0.4 is 4.74 Å². The number of amides is 1. The van der Waals surface area contributed by atoms with Crippen LogP contribution in [-0.2, 0) is 11.3 Å². The lowest BCUT2D eigenvalue weighted by Crippen LogP contribution is -2.31. The molecule has 0 radical (unpaired) electrons. The van der Waals surface area contributed by atoms with E-state index in [0.717, 1.165) is 32.3 Å². The molecule has 0 bridgehead atoms. The molecule has 0 spiro atoms. The maximum Gasteiger partial charge on any atom is 0.266 e. The van der Waals surface area contributed by atoms with E-state index in [1.165, 1.54) is 11.8 Å². The summed E-state index contributed by atoms with van der Waals surface area (Å²) < 4.78 is 9.82. The van der Waals surface area contributed by atoms with Gasteiger partial charge in [-0.3, -0.25) is 9.69 Å². The fraction of sp³-hybridized carbons (Fsp3) is 0.280. The molecule has 1 fully saturated rings. The van der Waals surface area contributed by atoms with Crippen molar-refractivity contribution in [1.82, 2.24) is 9.47 Å². The summed E-state index contributed by atoms with van der Waals surface area (Å²) in [5.74, 6) is 1.26. The van der Waals surface area contributed by atoms with Crippen molar-refractivity contribution in [2.75, 3.05) is 13.2 Å². The van der Waals surface area contributed by atoms with Gasteiger partial charge in [-0.15, -0.1) is 0 Å². The number of rotatable bonds is 7. The van der Waals surface area contributed by atoms with Gasteiger partial charge in [0.1, 0.15) is 16.7 Å². The normalized spacial score (nSPS) is 15.5. The molecule has 32 heavy (non-hydrogen) atoms. The average molecular weight is 530 g/mol. The maximum atomic E-state index is 12.9. The van der Waals surface area contributed by atoms with Crippen LogP contribution in [0.2, 0.25) is 0 Å². The van der Waals surface area contributed by atoms with E-state index in [-0.39, 0.29) is 5.91 Å². The van der Waals surface area contributed by atoms with Crippen molar-refractivity contribution in [2.24, 2.45) is 5.92 Å². The molecule has 166 valence electrons. The third kappa shape index (κ3) is 4.95. The van der Waals surface area contributed by atoms with Gasteiger partial charge in [0.25, 0.3) is 5.91 Å². The summed E-state index contributed by atoms with van der Waals surface area (Å²) in [6.45, 7) is 8.13. The number of para-hydroxylation sites is 1. The molecule has 0 atom stereocenters. The van der Waals surface area contributed by atoms with Crippen molar-refractivity contribution in [3.63, 3.8) is 0 Å². The molecule has 2 aromatic carbocycles. The van der Waals surface area contributed by atoms with Gasteiger partial charge in [0.15, 0.2) is 0 Å². The van der Waals surface area contributed by atoms with E-state index < -0.39 is 0 Å². The Morgan fingerprint density at radius 3 is 2.75 bits per heavy atom. The molecule has 1 saturated heterocycles. The van der Waals surface area contributed by atoms with Crippen LogP contribution in [0.15, 0.2) is 58.0 Å². The first kappa shape index (κ1) is 23.1. The van der Waals surface area contributed by atoms with Crippen LogP contribution in [-0.4, -0.2) is 32.8 Å². The van der Waals surface area contributed by atoms with E-state index in [1.54, 1.807) is 4.90 Å². The molecular weight excluding hydrogens is 504 g/mol. The van der Waals surface area contributed by atoms with Crippen LogP contribution in [0, 0.1) is 12.8 Å². The zero-order valence-corrected chi connectivity index (χ0v) is 21.5. The molecule has 1 aromatic heterocycles. The monoisotopic (exact) mass is 528 g/mol. The number of carbonyl (C=O) groups excluding carboxylic acids is 1. The summed E-state index contributed by atoms with van der Waals surface area (Å²) in [7, 11) is 0. The Kier molecular flexibility index (Phi) is 7.08. The zero-order chi connectivity index (χ0) is 22.8. The van der Waals surface area contributed by atoms with Crippen molar-refractivity contribution in [2.45, 2.75) is 27.3 Å². The van der Waals surface area contributed by atoms with E-state index in [4.69, 9.17) is 17.0 Å². The van der Waals surface area contributed by atoms with Gasteiger partial charge in [-0.2, -0.15) is 0 Å². The van der Waals surface area contributed by atoms with E-state index >= 15 is 0 Å². The first-order valence-corrected chi connectivity index (χ1v) is 12.6. The summed E-state index contributed by atoms with van der Waals surface area (Å²) in [6.07, 6.45) is 4.06. The third-order valence-corrected chi connectivity index (χ3v) is 7.14. The quantitative estimate of drug-likeness (QED) is 0.254. The predicted molar refractivity (Wildman–Crippen MR) is 141 cm³/mol. The highest BCUT2D eigenvalue weighted by Gasteiger charge is 2.32. The third-order valence-electron chi connectivity index (χ3n) is 5.27. The minimum atomic E-state index is -0.00696. The Morgan fingerprint density at radius 1 is 1.22 bits per heavy atom. The van der Waals surface area contributed by atoms with Crippen LogP contribution in [0.3, 0.4) is 0 Å². The summed E-state index contributed by atoms with van der Waals surface area (Å²) in [6, 6.07) is 14.3. The van der Waals surface area contributed by atoms with E-state index in [0.29, 0.717) is 34.8 Å². The van der Waals surface area contributed by atoms with Gasteiger partial charge >= 0.3 is 0 Å². The number of aromatic nitrogens is 1. The number of hydrogen-bond acceptors (Lipinski definition) is 4. The Morgan fingerprint density at radius 2 is 2.00 bits per heavy atom. The molecular formula is C25H25BrN2O2S2. The number of halogens is 1. The van der Waals surface area contributed by atoms with Crippen LogP contribution >= 0.6 is 39.9 Å². The number of thioether (sulfide) groups is 1. The highest BCUT2D eigenvalue weighted by Crippen LogP contribution is 2.35. The Hall–Kier alpha value is -2.09. The maximum absolute atomic E-state index is 12.9. The number of nitrogens with zero attached hydrogens (tertiary/aromatic N) is 2. The van der Waals surface area contributed by atoms with Gasteiger partial charge in [0.2, 0.25) is 0 Å². The molecule has 2 heterocycles. The van der Waals surface area contributed by atoms with E-state index in [1.807, 2.05) is 43.3 Å². The van der Waals surface area contributed by atoms with Crippen LogP contribution in [0.4, 0.5) is 0 Å². The Labute approximate surface area is 206 Å². The van der Waals surface area contributed by atoms with Crippen molar-refractivity contribution in [1.29, 1.82) is 0 Å². The number of benzene rings is 2. The number of hydrogen-bond donors (Lipinski definition) is 0. The Balaban J connectivity index is 1.61. The second kappa shape index (κ2) is 9.81. The van der Waals surface area contributed by atoms with Gasteiger partial charge in [-0.25, -0.2) is 0 Å². The number of aryl methyl sites for hydroxylation is 1. The lowest BCUT2D eigenvalue weighted by Gasteiger charge is -2.16. The van der Waals surface area contributed by atoms with Crippen molar-refractivity contribution in [3.05, 3.63) is 69.2 Å². The molecule has 1 aliphatic heterocycles. The highest BCUT2D eigenvalue weighted by atomic mass is 79.9. The number of carbonyl (C=O) groups is 1. The minimum absolute atomic E-state index is 0.00696. The summed E-state index contributed by atoms with van der Waals surface area (Å²) in [5, 5.41) is 1.09. The molecule has 7 heteroatoms.